The van der Waals surface area contributed by atoms with Crippen LogP contribution in [0, 0.1) is 5.92 Å². The van der Waals surface area contributed by atoms with E-state index in [4.69, 9.17) is 5.11 Å². The number of ketones is 1. The predicted molar refractivity (Wildman–Crippen MR) is 73.7 cm³/mol. The number of carbonyl (C=O) groups excluding carboxylic acids is 1. The van der Waals surface area contributed by atoms with Gasteiger partial charge in [0.2, 0.25) is 0 Å². The smallest absolute Gasteiger partial charge is 0.314 e. The molecule has 0 bridgehead atoms. The number of hydrogen-bond acceptors (Lipinski definition) is 2. The van der Waals surface area contributed by atoms with Crippen LogP contribution in [0.15, 0.2) is 0 Å². The number of carboxylic acid groups (broad SMARTS) is 1. The van der Waals surface area contributed by atoms with Crippen molar-refractivity contribution in [2.45, 2.75) is 78.1 Å². The molecular formula is C15H28O3. The minimum Gasteiger partial charge on any atom is -0.481 e. The molecule has 0 saturated carbocycles. The van der Waals surface area contributed by atoms with Crippen molar-refractivity contribution >= 4 is 11.8 Å². The third kappa shape index (κ3) is 8.26. The Morgan fingerprint density at radius 2 is 1.44 bits per heavy atom. The number of carbonyl (C=O) groups is 2. The van der Waals surface area contributed by atoms with Gasteiger partial charge in [-0.15, -0.1) is 0 Å². The Bertz CT molecular complexity index is 236. The van der Waals surface area contributed by atoms with Crippen LogP contribution < -0.4 is 0 Å². The maximum atomic E-state index is 11.7. The Kier molecular flexibility index (Phi) is 10.7. The molecule has 0 saturated heterocycles. The molecule has 3 nitrogen and oxygen atoms in total. The largest absolute Gasteiger partial charge is 0.481 e. The molecule has 18 heavy (non-hydrogen) atoms. The Labute approximate surface area is 111 Å². The normalized spacial score (nSPS) is 12.3. The van der Waals surface area contributed by atoms with Gasteiger partial charge in [-0.25, -0.2) is 0 Å². The van der Waals surface area contributed by atoms with E-state index in [1.165, 1.54) is 19.3 Å². The van der Waals surface area contributed by atoms with Crippen LogP contribution in [-0.4, -0.2) is 16.9 Å². The third-order valence-corrected chi connectivity index (χ3v) is 3.31. The van der Waals surface area contributed by atoms with E-state index in [2.05, 4.69) is 6.92 Å². The van der Waals surface area contributed by atoms with Crippen molar-refractivity contribution in [3.05, 3.63) is 0 Å². The van der Waals surface area contributed by atoms with Gasteiger partial charge in [-0.2, -0.15) is 0 Å². The van der Waals surface area contributed by atoms with Gasteiger partial charge in [-0.1, -0.05) is 58.8 Å². The first-order chi connectivity index (χ1) is 8.63. The van der Waals surface area contributed by atoms with E-state index in [0.717, 1.165) is 32.1 Å². The van der Waals surface area contributed by atoms with Crippen molar-refractivity contribution in [2.75, 3.05) is 0 Å². The summed E-state index contributed by atoms with van der Waals surface area (Å²) in [4.78, 5) is 22.8. The van der Waals surface area contributed by atoms with Crippen molar-refractivity contribution in [1.82, 2.24) is 0 Å². The number of Topliss-reactive ketones (excluding diaryl/α,β-unsaturated/α-hetero) is 1. The first-order valence-electron chi connectivity index (χ1n) is 7.39. The van der Waals surface area contributed by atoms with Gasteiger partial charge < -0.3 is 5.11 Å². The molecule has 0 aromatic carbocycles. The van der Waals surface area contributed by atoms with Crippen LogP contribution in [0.1, 0.15) is 78.1 Å². The highest BCUT2D eigenvalue weighted by Crippen LogP contribution is 2.16. The molecule has 0 aliphatic rings. The SMILES string of the molecule is CCCCCCCCC(C(=O)O)C(=O)CCCC. The van der Waals surface area contributed by atoms with Crippen LogP contribution in [0.25, 0.3) is 0 Å². The average Bonchev–Trinajstić information content (AvgIpc) is 2.34. The summed E-state index contributed by atoms with van der Waals surface area (Å²) in [5.41, 5.74) is 0. The van der Waals surface area contributed by atoms with Crippen LogP contribution in [-0.2, 0) is 9.59 Å². The number of rotatable bonds is 12. The molecule has 1 N–H and O–H groups in total. The van der Waals surface area contributed by atoms with Crippen LogP contribution >= 0.6 is 0 Å². The van der Waals surface area contributed by atoms with Crippen molar-refractivity contribution < 1.29 is 14.7 Å². The molecule has 0 aliphatic heterocycles. The zero-order chi connectivity index (χ0) is 13.8. The molecule has 0 heterocycles. The summed E-state index contributed by atoms with van der Waals surface area (Å²) in [5.74, 6) is -1.79. The van der Waals surface area contributed by atoms with E-state index in [1.54, 1.807) is 0 Å². The molecule has 0 spiro atoms. The minimum atomic E-state index is -0.940. The predicted octanol–water partition coefficient (Wildman–Crippen LogP) is 4.20. The van der Waals surface area contributed by atoms with E-state index in [9.17, 15) is 9.59 Å². The van der Waals surface area contributed by atoms with Crippen molar-refractivity contribution in [3.63, 3.8) is 0 Å². The molecule has 1 atom stereocenters. The summed E-state index contributed by atoms with van der Waals surface area (Å²) in [6, 6.07) is 0. The van der Waals surface area contributed by atoms with E-state index in [1.807, 2.05) is 6.92 Å². The minimum absolute atomic E-state index is 0.0853. The fraction of sp³-hybridized carbons (Fsp3) is 0.867. The van der Waals surface area contributed by atoms with Crippen LogP contribution in [0.4, 0.5) is 0 Å². The number of carboxylic acids is 1. The van der Waals surface area contributed by atoms with Crippen molar-refractivity contribution in [2.24, 2.45) is 5.92 Å². The summed E-state index contributed by atoms with van der Waals surface area (Å²) in [5, 5.41) is 9.06. The Morgan fingerprint density at radius 3 is 2.00 bits per heavy atom. The highest BCUT2D eigenvalue weighted by Gasteiger charge is 2.24. The third-order valence-electron chi connectivity index (χ3n) is 3.31. The molecule has 0 fully saturated rings. The van der Waals surface area contributed by atoms with Gasteiger partial charge in [0, 0.05) is 6.42 Å². The zero-order valence-corrected chi connectivity index (χ0v) is 11.9. The quantitative estimate of drug-likeness (QED) is 0.420. The molecule has 3 heteroatoms. The molecule has 0 rings (SSSR count). The van der Waals surface area contributed by atoms with Crippen LogP contribution in [0.3, 0.4) is 0 Å². The van der Waals surface area contributed by atoms with E-state index in [0.29, 0.717) is 12.8 Å². The Balaban J connectivity index is 3.83. The van der Waals surface area contributed by atoms with Gasteiger partial charge >= 0.3 is 5.97 Å². The summed E-state index contributed by atoms with van der Waals surface area (Å²) < 4.78 is 0. The molecule has 0 radical (unpaired) electrons. The summed E-state index contributed by atoms with van der Waals surface area (Å²) in [6.07, 6.45) is 9.43. The fourth-order valence-corrected chi connectivity index (χ4v) is 2.08. The summed E-state index contributed by atoms with van der Waals surface area (Å²) in [7, 11) is 0. The highest BCUT2D eigenvalue weighted by atomic mass is 16.4. The van der Waals surface area contributed by atoms with Crippen molar-refractivity contribution in [3.8, 4) is 0 Å². The Hall–Kier alpha value is -0.860. The number of aliphatic carboxylic acids is 1. The van der Waals surface area contributed by atoms with Gasteiger partial charge in [-0.3, -0.25) is 9.59 Å². The van der Waals surface area contributed by atoms with Crippen molar-refractivity contribution in [1.29, 1.82) is 0 Å². The lowest BCUT2D eigenvalue weighted by atomic mass is 9.93. The van der Waals surface area contributed by atoms with E-state index >= 15 is 0 Å². The molecule has 0 amide bonds. The van der Waals surface area contributed by atoms with Gasteiger partial charge in [0.15, 0.2) is 0 Å². The lowest BCUT2D eigenvalue weighted by Gasteiger charge is -2.10. The summed E-state index contributed by atoms with van der Waals surface area (Å²) in [6.45, 7) is 4.18. The maximum absolute atomic E-state index is 11.7. The first-order valence-corrected chi connectivity index (χ1v) is 7.39. The van der Waals surface area contributed by atoms with Gasteiger partial charge in [-0.05, 0) is 12.8 Å². The zero-order valence-electron chi connectivity index (χ0n) is 11.9. The molecule has 0 aliphatic carbocycles. The molecular weight excluding hydrogens is 228 g/mol. The standard InChI is InChI=1S/C15H28O3/c1-3-5-7-8-9-10-11-13(15(17)18)14(16)12-6-4-2/h13H,3-12H2,1-2H3,(H,17,18). The first kappa shape index (κ1) is 17.1. The average molecular weight is 256 g/mol. The fourth-order valence-electron chi connectivity index (χ4n) is 2.08. The highest BCUT2D eigenvalue weighted by molar-refractivity contribution is 5.98. The molecule has 1 unspecified atom stereocenters. The number of unbranched alkanes of at least 4 members (excludes halogenated alkanes) is 6. The van der Waals surface area contributed by atoms with Crippen LogP contribution in [0.2, 0.25) is 0 Å². The molecule has 0 aromatic heterocycles. The second kappa shape index (κ2) is 11.2. The second-order valence-electron chi connectivity index (χ2n) is 5.02. The second-order valence-corrected chi connectivity index (χ2v) is 5.02. The monoisotopic (exact) mass is 256 g/mol. The lowest BCUT2D eigenvalue weighted by Crippen LogP contribution is -2.23. The van der Waals surface area contributed by atoms with Gasteiger partial charge in [0.25, 0.3) is 0 Å². The maximum Gasteiger partial charge on any atom is 0.314 e. The summed E-state index contributed by atoms with van der Waals surface area (Å²) >= 11 is 0. The van der Waals surface area contributed by atoms with Gasteiger partial charge in [0.05, 0.1) is 0 Å². The molecule has 0 aromatic rings. The molecule has 106 valence electrons. The topological polar surface area (TPSA) is 54.4 Å². The van der Waals surface area contributed by atoms with Crippen LogP contribution in [0.5, 0.6) is 0 Å². The number of hydrogen-bond donors (Lipinski definition) is 1. The van der Waals surface area contributed by atoms with E-state index in [-0.39, 0.29) is 5.78 Å². The lowest BCUT2D eigenvalue weighted by molar-refractivity contribution is -0.146. The Morgan fingerprint density at radius 1 is 0.889 bits per heavy atom. The van der Waals surface area contributed by atoms with Gasteiger partial charge in [0.1, 0.15) is 11.7 Å². The van der Waals surface area contributed by atoms with E-state index < -0.39 is 11.9 Å².